The number of amides is 1. The summed E-state index contributed by atoms with van der Waals surface area (Å²) in [6.07, 6.45) is 2.92. The molecule has 6 nitrogen and oxygen atoms in total. The Kier molecular flexibility index (Phi) is 12.5. The van der Waals surface area contributed by atoms with Gasteiger partial charge in [0.1, 0.15) is 5.75 Å². The van der Waals surface area contributed by atoms with Crippen molar-refractivity contribution in [2.24, 2.45) is 10.7 Å². The normalized spacial score (nSPS) is 10.7. The molecule has 0 bridgehead atoms. The number of hydrogen-bond acceptors (Lipinski definition) is 3. The van der Waals surface area contributed by atoms with E-state index in [0.29, 0.717) is 5.75 Å². The van der Waals surface area contributed by atoms with Gasteiger partial charge in [-0.15, -0.1) is 24.0 Å². The predicted molar refractivity (Wildman–Crippen MR) is 129 cm³/mol. The Morgan fingerprint density at radius 1 is 1.00 bits per heavy atom. The molecular formula is C22H31IN4O2. The maximum atomic E-state index is 10.7. The number of benzene rings is 2. The van der Waals surface area contributed by atoms with E-state index in [9.17, 15) is 4.79 Å². The van der Waals surface area contributed by atoms with E-state index >= 15 is 0 Å². The second-order valence-electron chi connectivity index (χ2n) is 6.43. The first-order chi connectivity index (χ1) is 13.7. The van der Waals surface area contributed by atoms with Gasteiger partial charge in [-0.05, 0) is 49.4 Å². The lowest BCUT2D eigenvalue weighted by Gasteiger charge is -2.11. The molecule has 2 rings (SSSR count). The third kappa shape index (κ3) is 10.7. The number of halogens is 1. The van der Waals surface area contributed by atoms with Gasteiger partial charge in [-0.2, -0.15) is 0 Å². The summed E-state index contributed by atoms with van der Waals surface area (Å²) in [4.78, 5) is 15.4. The minimum Gasteiger partial charge on any atom is -0.484 e. The summed E-state index contributed by atoms with van der Waals surface area (Å²) < 4.78 is 5.26. The van der Waals surface area contributed by atoms with Crippen LogP contribution in [0.25, 0.3) is 0 Å². The van der Waals surface area contributed by atoms with Crippen LogP contribution in [0, 0.1) is 0 Å². The number of nitrogens with two attached hydrogens (primary N) is 1. The third-order valence-electron chi connectivity index (χ3n) is 4.09. The molecule has 0 fully saturated rings. The summed E-state index contributed by atoms with van der Waals surface area (Å²) in [5.41, 5.74) is 7.60. The summed E-state index contributed by atoms with van der Waals surface area (Å²) in [5.74, 6) is 1.01. The Hall–Kier alpha value is -2.29. The molecule has 1 amide bonds. The summed E-state index contributed by atoms with van der Waals surface area (Å²) in [7, 11) is 0. The highest BCUT2D eigenvalue weighted by Gasteiger charge is 2.00. The van der Waals surface area contributed by atoms with Gasteiger partial charge in [-0.3, -0.25) is 9.79 Å². The van der Waals surface area contributed by atoms with Crippen molar-refractivity contribution in [1.82, 2.24) is 10.6 Å². The monoisotopic (exact) mass is 510 g/mol. The molecule has 0 aliphatic carbocycles. The molecule has 0 aliphatic heterocycles. The first kappa shape index (κ1) is 24.7. The van der Waals surface area contributed by atoms with Gasteiger partial charge in [0.15, 0.2) is 12.6 Å². The molecule has 0 unspecified atom stereocenters. The Balaban J connectivity index is 0.00000420. The first-order valence-corrected chi connectivity index (χ1v) is 9.73. The minimum absolute atomic E-state index is 0. The largest absolute Gasteiger partial charge is 0.484 e. The van der Waals surface area contributed by atoms with Gasteiger partial charge in [0.2, 0.25) is 0 Å². The van der Waals surface area contributed by atoms with Gasteiger partial charge in [-0.1, -0.05) is 42.5 Å². The second-order valence-corrected chi connectivity index (χ2v) is 6.43. The summed E-state index contributed by atoms with van der Waals surface area (Å²) >= 11 is 0. The Labute approximate surface area is 190 Å². The van der Waals surface area contributed by atoms with Crippen LogP contribution in [-0.2, 0) is 17.6 Å². The summed E-state index contributed by atoms with van der Waals surface area (Å²) in [6.45, 7) is 4.36. The number of nitrogens with one attached hydrogen (secondary N) is 2. The van der Waals surface area contributed by atoms with Crippen LogP contribution in [0.3, 0.4) is 0 Å². The van der Waals surface area contributed by atoms with Gasteiger partial charge >= 0.3 is 0 Å². The van der Waals surface area contributed by atoms with Crippen molar-refractivity contribution in [2.45, 2.75) is 26.2 Å². The van der Waals surface area contributed by atoms with E-state index in [-0.39, 0.29) is 30.6 Å². The smallest absolute Gasteiger partial charge is 0.255 e. The van der Waals surface area contributed by atoms with E-state index < -0.39 is 5.91 Å². The standard InChI is InChI=1S/C22H30N4O2.HI/c1-2-24-22(25-15-6-9-18-7-4-3-5-8-18)26-16-14-19-10-12-20(13-11-19)28-17-21(23)27;/h3-5,7-8,10-13H,2,6,9,14-17H2,1H3,(H2,23,27)(H2,24,25,26);1H. The van der Waals surface area contributed by atoms with Crippen molar-refractivity contribution in [1.29, 1.82) is 0 Å². The molecule has 0 atom stereocenters. The fraction of sp³-hybridized carbons (Fsp3) is 0.364. The van der Waals surface area contributed by atoms with Crippen molar-refractivity contribution in [3.63, 3.8) is 0 Å². The van der Waals surface area contributed by atoms with Gasteiger partial charge in [0.05, 0.1) is 0 Å². The molecule has 29 heavy (non-hydrogen) atoms. The number of ether oxygens (including phenoxy) is 1. The topological polar surface area (TPSA) is 88.7 Å². The van der Waals surface area contributed by atoms with Crippen LogP contribution in [0.5, 0.6) is 5.75 Å². The van der Waals surface area contributed by atoms with E-state index in [0.717, 1.165) is 44.9 Å². The molecule has 0 saturated heterocycles. The highest BCUT2D eigenvalue weighted by atomic mass is 127. The van der Waals surface area contributed by atoms with Crippen LogP contribution in [0.4, 0.5) is 0 Å². The van der Waals surface area contributed by atoms with Crippen molar-refractivity contribution >= 4 is 35.8 Å². The molecule has 4 N–H and O–H groups in total. The number of guanidine groups is 1. The number of aliphatic imine (C=N–C) groups is 1. The molecule has 2 aromatic carbocycles. The molecule has 0 aliphatic rings. The number of nitrogens with zero attached hydrogens (tertiary/aromatic N) is 1. The Morgan fingerprint density at radius 3 is 2.34 bits per heavy atom. The van der Waals surface area contributed by atoms with E-state index in [1.54, 1.807) is 0 Å². The number of hydrogen-bond donors (Lipinski definition) is 3. The maximum Gasteiger partial charge on any atom is 0.255 e. The summed E-state index contributed by atoms with van der Waals surface area (Å²) in [6, 6.07) is 18.2. The number of primary amides is 1. The van der Waals surface area contributed by atoms with Crippen LogP contribution in [0.2, 0.25) is 0 Å². The quantitative estimate of drug-likeness (QED) is 0.188. The lowest BCUT2D eigenvalue weighted by Crippen LogP contribution is -2.38. The molecule has 0 spiro atoms. The average Bonchev–Trinajstić information content (AvgIpc) is 2.71. The van der Waals surface area contributed by atoms with Crippen LogP contribution >= 0.6 is 24.0 Å². The number of rotatable bonds is 11. The highest BCUT2D eigenvalue weighted by Crippen LogP contribution is 2.12. The SMILES string of the molecule is CCNC(=NCCCc1ccccc1)NCCc1ccc(OCC(N)=O)cc1.I. The van der Waals surface area contributed by atoms with Crippen LogP contribution in [-0.4, -0.2) is 38.1 Å². The molecule has 0 heterocycles. The second kappa shape index (κ2) is 14.7. The zero-order valence-electron chi connectivity index (χ0n) is 16.9. The van der Waals surface area contributed by atoms with Crippen molar-refractivity contribution < 1.29 is 9.53 Å². The fourth-order valence-corrected chi connectivity index (χ4v) is 2.69. The first-order valence-electron chi connectivity index (χ1n) is 9.73. The molecule has 0 aromatic heterocycles. The lowest BCUT2D eigenvalue weighted by atomic mass is 10.1. The van der Waals surface area contributed by atoms with E-state index in [1.165, 1.54) is 11.1 Å². The molecule has 0 radical (unpaired) electrons. The zero-order chi connectivity index (χ0) is 20.0. The van der Waals surface area contributed by atoms with E-state index in [1.807, 2.05) is 30.3 Å². The van der Waals surface area contributed by atoms with E-state index in [2.05, 4.69) is 46.8 Å². The van der Waals surface area contributed by atoms with Crippen LogP contribution in [0.15, 0.2) is 59.6 Å². The number of carbonyl (C=O) groups is 1. The molecule has 7 heteroatoms. The van der Waals surface area contributed by atoms with Crippen molar-refractivity contribution in [3.05, 3.63) is 65.7 Å². The molecule has 2 aromatic rings. The Bertz CT molecular complexity index is 736. The lowest BCUT2D eigenvalue weighted by molar-refractivity contribution is -0.119. The average molecular weight is 510 g/mol. The van der Waals surface area contributed by atoms with E-state index in [4.69, 9.17) is 10.5 Å². The van der Waals surface area contributed by atoms with Gasteiger partial charge < -0.3 is 21.1 Å². The fourth-order valence-electron chi connectivity index (χ4n) is 2.69. The highest BCUT2D eigenvalue weighted by molar-refractivity contribution is 14.0. The van der Waals surface area contributed by atoms with Gasteiger partial charge in [0, 0.05) is 19.6 Å². The predicted octanol–water partition coefficient (Wildman–Crippen LogP) is 2.90. The van der Waals surface area contributed by atoms with Gasteiger partial charge in [0.25, 0.3) is 5.91 Å². The number of aryl methyl sites for hydroxylation is 1. The number of carbonyl (C=O) groups excluding carboxylic acids is 1. The minimum atomic E-state index is -0.479. The third-order valence-corrected chi connectivity index (χ3v) is 4.09. The van der Waals surface area contributed by atoms with Crippen molar-refractivity contribution in [2.75, 3.05) is 26.2 Å². The van der Waals surface area contributed by atoms with Crippen LogP contribution in [0.1, 0.15) is 24.5 Å². The zero-order valence-corrected chi connectivity index (χ0v) is 19.2. The molecular weight excluding hydrogens is 479 g/mol. The Morgan fingerprint density at radius 2 is 1.69 bits per heavy atom. The molecule has 158 valence electrons. The van der Waals surface area contributed by atoms with Crippen molar-refractivity contribution in [3.8, 4) is 5.75 Å². The van der Waals surface area contributed by atoms with Crippen LogP contribution < -0.4 is 21.1 Å². The molecule has 0 saturated carbocycles. The maximum absolute atomic E-state index is 10.7. The summed E-state index contributed by atoms with van der Waals surface area (Å²) in [5, 5.41) is 6.65. The van der Waals surface area contributed by atoms with Gasteiger partial charge in [-0.25, -0.2) is 0 Å².